The number of allylic oxidation sites excluding steroid dienone is 3. The maximum Gasteiger partial charge on any atom is 0.303 e. The van der Waals surface area contributed by atoms with Crippen LogP contribution >= 0.6 is 0 Å². The van der Waals surface area contributed by atoms with Gasteiger partial charge in [0.25, 0.3) is 0 Å². The Bertz CT molecular complexity index is 328. The first-order valence-electron chi connectivity index (χ1n) is 5.38. The smallest absolute Gasteiger partial charge is 0.303 e. The molecule has 0 aromatic carbocycles. The van der Waals surface area contributed by atoms with Crippen molar-refractivity contribution in [2.24, 2.45) is 0 Å². The van der Waals surface area contributed by atoms with Gasteiger partial charge in [-0.25, -0.2) is 0 Å². The lowest BCUT2D eigenvalue weighted by Gasteiger charge is -1.94. The monoisotopic (exact) mass is 224 g/mol. The normalized spacial score (nSPS) is 20.4. The van der Waals surface area contributed by atoms with Crippen molar-refractivity contribution in [2.75, 3.05) is 0 Å². The minimum absolute atomic E-state index is 0.00249. The first kappa shape index (κ1) is 12.6. The fourth-order valence-corrected chi connectivity index (χ4v) is 1.59. The highest BCUT2D eigenvalue weighted by Gasteiger charge is 2.20. The predicted octanol–water partition coefficient (Wildman–Crippen LogP) is 1.45. The van der Waals surface area contributed by atoms with Crippen molar-refractivity contribution in [1.82, 2.24) is 0 Å². The highest BCUT2D eigenvalue weighted by Crippen LogP contribution is 2.18. The lowest BCUT2D eigenvalue weighted by molar-refractivity contribution is -0.137. The van der Waals surface area contributed by atoms with Gasteiger partial charge in [-0.1, -0.05) is 12.2 Å². The summed E-state index contributed by atoms with van der Waals surface area (Å²) in [4.78, 5) is 21.5. The van der Waals surface area contributed by atoms with E-state index in [0.29, 0.717) is 24.8 Å². The van der Waals surface area contributed by atoms with E-state index in [1.807, 2.05) is 12.2 Å². The zero-order valence-electron chi connectivity index (χ0n) is 9.06. The molecule has 0 saturated carbocycles. The molecule has 4 heteroatoms. The van der Waals surface area contributed by atoms with Crippen LogP contribution < -0.4 is 0 Å². The molecule has 0 heterocycles. The Morgan fingerprint density at radius 2 is 2.25 bits per heavy atom. The number of unbranched alkanes of at least 4 members (excludes halogenated alkanes) is 1. The van der Waals surface area contributed by atoms with E-state index in [9.17, 15) is 14.7 Å². The Hall–Kier alpha value is -1.42. The molecule has 0 unspecified atom stereocenters. The average molecular weight is 224 g/mol. The van der Waals surface area contributed by atoms with Crippen molar-refractivity contribution < 1.29 is 19.8 Å². The number of carboxylic acids is 1. The molecule has 0 aromatic rings. The molecule has 1 aliphatic rings. The second kappa shape index (κ2) is 6.23. The number of carboxylic acid groups (broad SMARTS) is 1. The second-order valence-electron chi connectivity index (χ2n) is 3.85. The third kappa shape index (κ3) is 4.40. The van der Waals surface area contributed by atoms with Crippen molar-refractivity contribution in [3.63, 3.8) is 0 Å². The molecular weight excluding hydrogens is 208 g/mol. The molecule has 0 saturated heterocycles. The second-order valence-corrected chi connectivity index (χ2v) is 3.85. The highest BCUT2D eigenvalue weighted by molar-refractivity contribution is 5.98. The molecule has 0 aliphatic heterocycles. The van der Waals surface area contributed by atoms with Crippen molar-refractivity contribution in [1.29, 1.82) is 0 Å². The Morgan fingerprint density at radius 1 is 1.50 bits per heavy atom. The Balaban J connectivity index is 2.19. The van der Waals surface area contributed by atoms with E-state index in [-0.39, 0.29) is 18.6 Å². The number of hydrogen-bond donors (Lipinski definition) is 2. The Kier molecular flexibility index (Phi) is 4.92. The fourth-order valence-electron chi connectivity index (χ4n) is 1.59. The maximum atomic E-state index is 11.3. The number of aliphatic hydroxyl groups is 1. The number of carbonyl (C=O) groups is 2. The average Bonchev–Trinajstić information content (AvgIpc) is 2.50. The van der Waals surface area contributed by atoms with Gasteiger partial charge < -0.3 is 10.2 Å². The van der Waals surface area contributed by atoms with Gasteiger partial charge in [0.2, 0.25) is 0 Å². The van der Waals surface area contributed by atoms with Crippen LogP contribution in [0.2, 0.25) is 0 Å². The number of ketones is 1. The Labute approximate surface area is 94.3 Å². The quantitative estimate of drug-likeness (QED) is 0.529. The van der Waals surface area contributed by atoms with E-state index in [4.69, 9.17) is 5.11 Å². The van der Waals surface area contributed by atoms with Crippen molar-refractivity contribution in [3.05, 3.63) is 23.8 Å². The van der Waals surface area contributed by atoms with E-state index in [1.165, 1.54) is 0 Å². The van der Waals surface area contributed by atoms with Gasteiger partial charge in [-0.2, -0.15) is 0 Å². The number of Topliss-reactive ketones (excluding diaryl/α,β-unsaturated/α-hetero) is 1. The molecule has 88 valence electrons. The summed E-state index contributed by atoms with van der Waals surface area (Å²) in [6, 6.07) is 0. The van der Waals surface area contributed by atoms with Crippen LogP contribution in [0, 0.1) is 0 Å². The Morgan fingerprint density at radius 3 is 2.81 bits per heavy atom. The number of carbonyl (C=O) groups excluding carboxylic acids is 1. The first-order valence-corrected chi connectivity index (χ1v) is 5.38. The third-order valence-electron chi connectivity index (χ3n) is 2.41. The first-order chi connectivity index (χ1) is 7.59. The van der Waals surface area contributed by atoms with Crippen LogP contribution in [0.15, 0.2) is 23.8 Å². The van der Waals surface area contributed by atoms with E-state index in [0.717, 1.165) is 0 Å². The van der Waals surface area contributed by atoms with E-state index in [2.05, 4.69) is 0 Å². The van der Waals surface area contributed by atoms with Crippen molar-refractivity contribution in [3.8, 4) is 0 Å². The number of rotatable bonds is 6. The summed E-state index contributed by atoms with van der Waals surface area (Å²) >= 11 is 0. The van der Waals surface area contributed by atoms with Crippen LogP contribution in [0.1, 0.15) is 32.1 Å². The molecule has 1 atom stereocenters. The van der Waals surface area contributed by atoms with Crippen LogP contribution in [-0.2, 0) is 9.59 Å². The molecule has 0 fully saturated rings. The summed E-state index contributed by atoms with van der Waals surface area (Å²) in [6.45, 7) is 0. The number of hydrogen-bond acceptors (Lipinski definition) is 3. The standard InChI is InChI=1S/C12H16O4/c13-10-7-9(11(14)8-10)5-3-1-2-4-6-12(15)16/h1,3,7,10,13H,2,4-6,8H2,(H,15,16)/t10-/m0/s1. The zero-order chi connectivity index (χ0) is 12.0. The van der Waals surface area contributed by atoms with Gasteiger partial charge in [0.1, 0.15) is 0 Å². The lowest BCUT2D eigenvalue weighted by atomic mass is 10.1. The van der Waals surface area contributed by atoms with Crippen LogP contribution in [0.3, 0.4) is 0 Å². The van der Waals surface area contributed by atoms with E-state index in [1.54, 1.807) is 6.08 Å². The summed E-state index contributed by atoms with van der Waals surface area (Å²) in [5.41, 5.74) is 0.655. The van der Waals surface area contributed by atoms with Gasteiger partial charge in [-0.15, -0.1) is 0 Å². The molecule has 0 amide bonds. The van der Waals surface area contributed by atoms with Gasteiger partial charge in [-0.3, -0.25) is 9.59 Å². The van der Waals surface area contributed by atoms with Gasteiger partial charge >= 0.3 is 5.97 Å². The van der Waals surface area contributed by atoms with Gasteiger partial charge in [0.15, 0.2) is 5.78 Å². The van der Waals surface area contributed by atoms with Crippen LogP contribution in [0.4, 0.5) is 0 Å². The zero-order valence-corrected chi connectivity index (χ0v) is 9.06. The summed E-state index contributed by atoms with van der Waals surface area (Å²) < 4.78 is 0. The van der Waals surface area contributed by atoms with Crippen LogP contribution in [-0.4, -0.2) is 28.1 Å². The summed E-state index contributed by atoms with van der Waals surface area (Å²) in [6.07, 6.45) is 6.91. The fraction of sp³-hybridized carbons (Fsp3) is 0.500. The summed E-state index contributed by atoms with van der Waals surface area (Å²) in [5, 5.41) is 17.6. The van der Waals surface area contributed by atoms with Crippen molar-refractivity contribution in [2.45, 2.75) is 38.2 Å². The largest absolute Gasteiger partial charge is 0.481 e. The maximum absolute atomic E-state index is 11.3. The third-order valence-corrected chi connectivity index (χ3v) is 2.41. The van der Waals surface area contributed by atoms with Crippen LogP contribution in [0.25, 0.3) is 0 Å². The minimum Gasteiger partial charge on any atom is -0.481 e. The van der Waals surface area contributed by atoms with Crippen LogP contribution in [0.5, 0.6) is 0 Å². The molecule has 1 rings (SSSR count). The molecule has 16 heavy (non-hydrogen) atoms. The molecular formula is C12H16O4. The van der Waals surface area contributed by atoms with Crippen molar-refractivity contribution >= 4 is 11.8 Å². The molecule has 4 nitrogen and oxygen atoms in total. The molecule has 1 aliphatic carbocycles. The van der Waals surface area contributed by atoms with Gasteiger partial charge in [0.05, 0.1) is 6.10 Å². The predicted molar refractivity (Wildman–Crippen MR) is 59.0 cm³/mol. The molecule has 0 aromatic heterocycles. The van der Waals surface area contributed by atoms with E-state index < -0.39 is 12.1 Å². The van der Waals surface area contributed by atoms with E-state index >= 15 is 0 Å². The molecule has 0 radical (unpaired) electrons. The lowest BCUT2D eigenvalue weighted by Crippen LogP contribution is -2.00. The molecule has 0 spiro atoms. The van der Waals surface area contributed by atoms with Gasteiger partial charge in [-0.05, 0) is 30.9 Å². The summed E-state index contributed by atoms with van der Waals surface area (Å²) in [5.74, 6) is -0.784. The SMILES string of the molecule is O=C(O)CCCC=CCC1=C[C@H](O)CC1=O. The molecule has 0 bridgehead atoms. The number of aliphatic carboxylic acids is 1. The summed E-state index contributed by atoms with van der Waals surface area (Å²) in [7, 11) is 0. The van der Waals surface area contributed by atoms with Gasteiger partial charge in [0, 0.05) is 12.8 Å². The molecule has 2 N–H and O–H groups in total. The topological polar surface area (TPSA) is 74.6 Å². The minimum atomic E-state index is -0.787. The number of aliphatic hydroxyl groups excluding tert-OH is 1. The highest BCUT2D eigenvalue weighted by atomic mass is 16.4.